The Morgan fingerprint density at radius 2 is 2.24 bits per heavy atom. The fraction of sp³-hybridized carbons (Fsp3) is 0.364. The summed E-state index contributed by atoms with van der Waals surface area (Å²) in [5.74, 6) is -0.704. The number of amides is 1. The lowest BCUT2D eigenvalue weighted by molar-refractivity contribution is 0.0837. The zero-order chi connectivity index (χ0) is 12.7. The highest BCUT2D eigenvalue weighted by Crippen LogP contribution is 2.17. The summed E-state index contributed by atoms with van der Waals surface area (Å²) in [7, 11) is 0. The average Bonchev–Trinajstić information content (AvgIpc) is 2.28. The first-order valence-corrected chi connectivity index (χ1v) is 5.86. The Hall–Kier alpha value is -0.980. The zero-order valence-corrected chi connectivity index (χ0v) is 10.7. The van der Waals surface area contributed by atoms with Gasteiger partial charge < -0.3 is 15.2 Å². The summed E-state index contributed by atoms with van der Waals surface area (Å²) in [4.78, 5) is 11.6. The molecular formula is C11H13BrFNO3. The van der Waals surface area contributed by atoms with Gasteiger partial charge in [-0.3, -0.25) is 4.79 Å². The van der Waals surface area contributed by atoms with Gasteiger partial charge in [0.1, 0.15) is 5.82 Å². The summed E-state index contributed by atoms with van der Waals surface area (Å²) in [6.07, 6.45) is 0. The molecule has 1 aromatic rings. The van der Waals surface area contributed by atoms with Crippen molar-refractivity contribution in [3.8, 4) is 0 Å². The van der Waals surface area contributed by atoms with Gasteiger partial charge in [0.25, 0.3) is 5.91 Å². The van der Waals surface area contributed by atoms with Crippen LogP contribution >= 0.6 is 15.9 Å². The standard InChI is InChI=1S/C11H13BrFNO3/c12-10-7-8(13)1-2-9(10)11(16)14-3-5-17-6-4-15/h1-2,7,15H,3-6H2,(H,14,16). The third-order valence-corrected chi connectivity index (χ3v) is 2.60. The number of hydrogen-bond acceptors (Lipinski definition) is 3. The summed E-state index contributed by atoms with van der Waals surface area (Å²) < 4.78 is 18.2. The lowest BCUT2D eigenvalue weighted by atomic mass is 10.2. The van der Waals surface area contributed by atoms with E-state index in [0.717, 1.165) is 0 Å². The van der Waals surface area contributed by atoms with Crippen molar-refractivity contribution in [2.24, 2.45) is 0 Å². The van der Waals surface area contributed by atoms with Crippen molar-refractivity contribution in [2.45, 2.75) is 0 Å². The number of aliphatic hydroxyl groups is 1. The number of benzene rings is 1. The molecule has 17 heavy (non-hydrogen) atoms. The van der Waals surface area contributed by atoms with E-state index < -0.39 is 5.82 Å². The first-order valence-electron chi connectivity index (χ1n) is 5.07. The van der Waals surface area contributed by atoms with Gasteiger partial charge in [0.05, 0.1) is 25.4 Å². The third-order valence-electron chi connectivity index (χ3n) is 1.94. The van der Waals surface area contributed by atoms with E-state index in [1.807, 2.05) is 0 Å². The third kappa shape index (κ3) is 4.80. The van der Waals surface area contributed by atoms with Crippen LogP contribution in [0.5, 0.6) is 0 Å². The minimum Gasteiger partial charge on any atom is -0.394 e. The number of nitrogens with one attached hydrogen (secondary N) is 1. The number of rotatable bonds is 6. The van der Waals surface area contributed by atoms with Crippen LogP contribution in [0.25, 0.3) is 0 Å². The fourth-order valence-corrected chi connectivity index (χ4v) is 1.70. The van der Waals surface area contributed by atoms with E-state index in [4.69, 9.17) is 9.84 Å². The van der Waals surface area contributed by atoms with Gasteiger partial charge in [-0.2, -0.15) is 0 Å². The van der Waals surface area contributed by atoms with Gasteiger partial charge in [-0.05, 0) is 34.1 Å². The average molecular weight is 306 g/mol. The van der Waals surface area contributed by atoms with Crippen LogP contribution in [0.2, 0.25) is 0 Å². The molecule has 6 heteroatoms. The molecule has 0 saturated heterocycles. The molecule has 94 valence electrons. The maximum absolute atomic E-state index is 12.8. The van der Waals surface area contributed by atoms with E-state index in [1.165, 1.54) is 18.2 Å². The largest absolute Gasteiger partial charge is 0.394 e. The molecule has 0 fully saturated rings. The number of aliphatic hydroxyl groups excluding tert-OH is 1. The quantitative estimate of drug-likeness (QED) is 0.780. The molecule has 1 rings (SSSR count). The van der Waals surface area contributed by atoms with Crippen LogP contribution in [0.4, 0.5) is 4.39 Å². The Labute approximate surface area is 107 Å². The predicted molar refractivity (Wildman–Crippen MR) is 64.3 cm³/mol. The lowest BCUT2D eigenvalue weighted by Gasteiger charge is -2.07. The first-order chi connectivity index (χ1) is 8.15. The monoisotopic (exact) mass is 305 g/mol. The molecule has 0 spiro atoms. The molecule has 0 radical (unpaired) electrons. The Kier molecular flexibility index (Phi) is 6.10. The molecule has 0 aliphatic carbocycles. The van der Waals surface area contributed by atoms with E-state index in [0.29, 0.717) is 23.2 Å². The van der Waals surface area contributed by atoms with E-state index >= 15 is 0 Å². The molecule has 2 N–H and O–H groups in total. The molecule has 0 aliphatic heterocycles. The topological polar surface area (TPSA) is 58.6 Å². The highest BCUT2D eigenvalue weighted by Gasteiger charge is 2.09. The second-order valence-electron chi connectivity index (χ2n) is 3.22. The van der Waals surface area contributed by atoms with Gasteiger partial charge in [0.15, 0.2) is 0 Å². The van der Waals surface area contributed by atoms with Crippen molar-refractivity contribution in [1.29, 1.82) is 0 Å². The Morgan fingerprint density at radius 3 is 2.88 bits per heavy atom. The van der Waals surface area contributed by atoms with Gasteiger partial charge in [-0.25, -0.2) is 4.39 Å². The number of ether oxygens (including phenoxy) is 1. The van der Waals surface area contributed by atoms with Crippen molar-refractivity contribution >= 4 is 21.8 Å². The van der Waals surface area contributed by atoms with E-state index in [9.17, 15) is 9.18 Å². The number of carbonyl (C=O) groups is 1. The molecule has 0 unspecified atom stereocenters. The van der Waals surface area contributed by atoms with Crippen LogP contribution in [0, 0.1) is 5.82 Å². The van der Waals surface area contributed by atoms with Crippen LogP contribution in [0.15, 0.2) is 22.7 Å². The molecule has 1 aromatic carbocycles. The van der Waals surface area contributed by atoms with Gasteiger partial charge in [0, 0.05) is 11.0 Å². The van der Waals surface area contributed by atoms with Crippen molar-refractivity contribution in [3.05, 3.63) is 34.1 Å². The number of carbonyl (C=O) groups excluding carboxylic acids is 1. The summed E-state index contributed by atoms with van der Waals surface area (Å²) in [5.41, 5.74) is 0.369. The zero-order valence-electron chi connectivity index (χ0n) is 9.08. The summed E-state index contributed by atoms with van der Waals surface area (Å²) in [6.45, 7) is 0.862. The summed E-state index contributed by atoms with van der Waals surface area (Å²) in [6, 6.07) is 3.86. The lowest BCUT2D eigenvalue weighted by Crippen LogP contribution is -2.27. The minimum atomic E-state index is -0.403. The van der Waals surface area contributed by atoms with Crippen LogP contribution in [-0.4, -0.2) is 37.4 Å². The van der Waals surface area contributed by atoms with Gasteiger partial charge in [0.2, 0.25) is 0 Å². The molecule has 0 aromatic heterocycles. The van der Waals surface area contributed by atoms with E-state index in [-0.39, 0.29) is 19.1 Å². The molecule has 0 saturated carbocycles. The highest BCUT2D eigenvalue weighted by atomic mass is 79.9. The van der Waals surface area contributed by atoms with Crippen molar-refractivity contribution in [3.63, 3.8) is 0 Å². The molecular weight excluding hydrogens is 293 g/mol. The SMILES string of the molecule is O=C(NCCOCCO)c1ccc(F)cc1Br. The predicted octanol–water partition coefficient (Wildman–Crippen LogP) is 1.33. The van der Waals surface area contributed by atoms with Crippen LogP contribution < -0.4 is 5.32 Å². The molecule has 0 heterocycles. The molecule has 0 bridgehead atoms. The Balaban J connectivity index is 2.42. The highest BCUT2D eigenvalue weighted by molar-refractivity contribution is 9.10. The Bertz CT molecular complexity index is 387. The van der Waals surface area contributed by atoms with Crippen LogP contribution in [-0.2, 0) is 4.74 Å². The maximum atomic E-state index is 12.8. The van der Waals surface area contributed by atoms with E-state index in [2.05, 4.69) is 21.2 Å². The second-order valence-corrected chi connectivity index (χ2v) is 4.07. The number of hydrogen-bond donors (Lipinski definition) is 2. The van der Waals surface area contributed by atoms with Gasteiger partial charge in [-0.1, -0.05) is 0 Å². The number of halogens is 2. The second kappa shape index (κ2) is 7.37. The van der Waals surface area contributed by atoms with Crippen molar-refractivity contribution in [2.75, 3.05) is 26.4 Å². The van der Waals surface area contributed by atoms with E-state index in [1.54, 1.807) is 0 Å². The van der Waals surface area contributed by atoms with Crippen molar-refractivity contribution < 1.29 is 19.0 Å². The molecule has 4 nitrogen and oxygen atoms in total. The van der Waals surface area contributed by atoms with Gasteiger partial charge in [-0.15, -0.1) is 0 Å². The van der Waals surface area contributed by atoms with Crippen molar-refractivity contribution in [1.82, 2.24) is 5.32 Å². The molecule has 1 amide bonds. The van der Waals surface area contributed by atoms with Gasteiger partial charge >= 0.3 is 0 Å². The molecule has 0 atom stereocenters. The fourth-order valence-electron chi connectivity index (χ4n) is 1.17. The maximum Gasteiger partial charge on any atom is 0.252 e. The summed E-state index contributed by atoms with van der Waals surface area (Å²) in [5, 5.41) is 11.1. The first kappa shape index (κ1) is 14.1. The molecule has 0 aliphatic rings. The van der Waals surface area contributed by atoms with Crippen LogP contribution in [0.3, 0.4) is 0 Å². The summed E-state index contributed by atoms with van der Waals surface area (Å²) >= 11 is 3.12. The smallest absolute Gasteiger partial charge is 0.252 e. The normalized spacial score (nSPS) is 10.3. The minimum absolute atomic E-state index is 0.0442. The van der Waals surface area contributed by atoms with Crippen LogP contribution in [0.1, 0.15) is 10.4 Å². The Morgan fingerprint density at radius 1 is 1.47 bits per heavy atom.